The first-order valence-corrected chi connectivity index (χ1v) is 23.9. The van der Waals surface area contributed by atoms with E-state index in [1.54, 1.807) is 0 Å². The average molecular weight is 767 g/mol. The van der Waals surface area contributed by atoms with Crippen LogP contribution in [0.3, 0.4) is 0 Å². The van der Waals surface area contributed by atoms with Gasteiger partial charge in [0.15, 0.2) is 0 Å². The summed E-state index contributed by atoms with van der Waals surface area (Å²) in [5, 5.41) is 9.63. The van der Waals surface area contributed by atoms with E-state index in [0.29, 0.717) is 19.4 Å². The number of hydrogen-bond acceptors (Lipinski definition) is 6. The highest BCUT2D eigenvalue weighted by molar-refractivity contribution is 5.76. The fourth-order valence-corrected chi connectivity index (χ4v) is 6.81. The van der Waals surface area contributed by atoms with Crippen molar-refractivity contribution in [1.29, 1.82) is 0 Å². The van der Waals surface area contributed by atoms with Gasteiger partial charge in [0, 0.05) is 45.6 Å². The summed E-state index contributed by atoms with van der Waals surface area (Å²) in [4.78, 5) is 26.2. The van der Waals surface area contributed by atoms with Crippen molar-refractivity contribution in [2.75, 3.05) is 58.9 Å². The molecule has 0 saturated heterocycles. The van der Waals surface area contributed by atoms with Gasteiger partial charge in [-0.3, -0.25) is 9.59 Å². The van der Waals surface area contributed by atoms with Crippen LogP contribution in [-0.2, 0) is 9.59 Å². The van der Waals surface area contributed by atoms with Crippen LogP contribution >= 0.6 is 0 Å². The number of carbonyl (C=O) groups is 2. The minimum atomic E-state index is 0.196. The Morgan fingerprint density at radius 3 is 1.19 bits per heavy atom. The van der Waals surface area contributed by atoms with Gasteiger partial charge in [-0.25, -0.2) is 0 Å². The molecule has 0 aromatic rings. The second-order valence-electron chi connectivity index (χ2n) is 15.9. The Morgan fingerprint density at radius 1 is 0.370 bits per heavy atom. The van der Waals surface area contributed by atoms with Crippen molar-refractivity contribution in [1.82, 2.24) is 20.9 Å². The maximum atomic E-state index is 12.0. The van der Waals surface area contributed by atoms with Gasteiger partial charge in [-0.1, -0.05) is 168 Å². The van der Waals surface area contributed by atoms with Gasteiger partial charge in [0.2, 0.25) is 11.8 Å². The second kappa shape index (κ2) is 49.8. The predicted molar refractivity (Wildman–Crippen MR) is 238 cm³/mol. The number of hydrogen-bond donors (Lipinski definition) is 5. The number of rotatable bonds is 43. The summed E-state index contributed by atoms with van der Waals surface area (Å²) < 4.78 is 0. The Kier molecular flexibility index (Phi) is 50.6. The van der Waals surface area contributed by atoms with E-state index in [9.17, 15) is 9.59 Å². The van der Waals surface area contributed by atoms with E-state index < -0.39 is 0 Å². The summed E-state index contributed by atoms with van der Waals surface area (Å²) in [6.07, 6.45) is 40.0. The first kappa shape index (κ1) is 54.9. The van der Waals surface area contributed by atoms with Crippen molar-refractivity contribution in [2.24, 2.45) is 11.5 Å². The van der Waals surface area contributed by atoms with Gasteiger partial charge in [0.25, 0.3) is 0 Å². The van der Waals surface area contributed by atoms with E-state index in [0.717, 1.165) is 84.5 Å². The van der Waals surface area contributed by atoms with Gasteiger partial charge in [0.1, 0.15) is 0 Å². The van der Waals surface area contributed by atoms with Gasteiger partial charge in [-0.15, -0.1) is 0 Å². The number of carbonyl (C=O) groups excluding carboxylic acids is 2. The van der Waals surface area contributed by atoms with Gasteiger partial charge in [0.05, 0.1) is 0 Å². The Labute approximate surface area is 338 Å². The van der Waals surface area contributed by atoms with Crippen LogP contribution in [0.4, 0.5) is 0 Å². The van der Waals surface area contributed by atoms with Crippen LogP contribution in [0.15, 0.2) is 0 Å². The molecule has 0 saturated carbocycles. The molecule has 0 atom stereocenters. The minimum absolute atomic E-state index is 0.196. The molecule has 0 aromatic carbocycles. The Morgan fingerprint density at radius 2 is 0.741 bits per heavy atom. The average Bonchev–Trinajstić information content (AvgIpc) is 3.17. The maximum Gasteiger partial charge on any atom is 0.221 e. The van der Waals surface area contributed by atoms with Crippen LogP contribution in [0.25, 0.3) is 0 Å². The molecule has 0 spiro atoms. The summed E-state index contributed by atoms with van der Waals surface area (Å²) in [7, 11) is 0. The lowest BCUT2D eigenvalue weighted by molar-refractivity contribution is -0.122. The third-order valence-corrected chi connectivity index (χ3v) is 10.4. The zero-order valence-electron chi connectivity index (χ0n) is 36.9. The fraction of sp³-hybridized carbons (Fsp3) is 0.957. The summed E-state index contributed by atoms with van der Waals surface area (Å²) >= 11 is 0. The molecule has 0 aromatic heterocycles. The van der Waals surface area contributed by atoms with E-state index >= 15 is 0 Å². The lowest BCUT2D eigenvalue weighted by atomic mass is 10.1. The Hall–Kier alpha value is -1.22. The van der Waals surface area contributed by atoms with Crippen LogP contribution in [-0.4, -0.2) is 75.6 Å². The highest BCUT2D eigenvalue weighted by Crippen LogP contribution is 2.11. The zero-order chi connectivity index (χ0) is 39.8. The number of nitrogens with one attached hydrogen (secondary N) is 3. The highest BCUT2D eigenvalue weighted by Gasteiger charge is 2.07. The van der Waals surface area contributed by atoms with Crippen LogP contribution in [0.1, 0.15) is 226 Å². The van der Waals surface area contributed by atoms with E-state index in [1.165, 1.54) is 161 Å². The number of nitrogens with two attached hydrogens (primary N) is 2. The molecule has 0 aliphatic carbocycles. The molecule has 8 heteroatoms. The Bertz CT molecular complexity index is 725. The maximum absolute atomic E-state index is 12.0. The van der Waals surface area contributed by atoms with Crippen LogP contribution in [0, 0.1) is 0 Å². The van der Waals surface area contributed by atoms with E-state index in [1.807, 2.05) is 0 Å². The van der Waals surface area contributed by atoms with Gasteiger partial charge >= 0.3 is 0 Å². The van der Waals surface area contributed by atoms with Gasteiger partial charge in [-0.2, -0.15) is 0 Å². The summed E-state index contributed by atoms with van der Waals surface area (Å²) in [5.74, 6) is 0.433. The third-order valence-electron chi connectivity index (χ3n) is 10.4. The van der Waals surface area contributed by atoms with Crippen molar-refractivity contribution in [2.45, 2.75) is 226 Å². The van der Waals surface area contributed by atoms with E-state index in [4.69, 9.17) is 11.5 Å². The molecule has 324 valence electrons. The molecular weight excluding hydrogens is 669 g/mol. The molecule has 0 fully saturated rings. The SMILES string of the molecule is CCCCCCCCCCCCNC(=O)CCCCCNCCCCCN.CCCCCCCCCCCCNC(=O)CCN(CCN)CCCCCC. The molecule has 2 amide bonds. The molecule has 8 nitrogen and oxygen atoms in total. The summed E-state index contributed by atoms with van der Waals surface area (Å²) in [6.45, 7) is 14.9. The molecule has 7 N–H and O–H groups in total. The van der Waals surface area contributed by atoms with E-state index in [-0.39, 0.29) is 11.8 Å². The Balaban J connectivity index is 0. The standard InChI is InChI=1S/2C23H49N3O/c1-3-5-7-9-10-11-12-13-14-15-19-25-23(27)17-21-26(22-18-24)20-16-8-6-4-2;1-2-3-4-5-6-7-8-9-10-17-22-26-23(27)18-13-11-15-20-25-21-16-12-14-19-24/h3-22,24H2,1-2H3,(H,25,27);25H,2-22,24H2,1H3,(H,26,27). The largest absolute Gasteiger partial charge is 0.356 e. The lowest BCUT2D eigenvalue weighted by Gasteiger charge is -2.21. The molecule has 0 rings (SSSR count). The quantitative estimate of drug-likeness (QED) is 0.0394. The third kappa shape index (κ3) is 48.8. The van der Waals surface area contributed by atoms with Crippen molar-refractivity contribution in [3.05, 3.63) is 0 Å². The van der Waals surface area contributed by atoms with Crippen molar-refractivity contribution in [3.63, 3.8) is 0 Å². The minimum Gasteiger partial charge on any atom is -0.356 e. The summed E-state index contributed by atoms with van der Waals surface area (Å²) in [6, 6.07) is 0. The zero-order valence-corrected chi connectivity index (χ0v) is 36.9. The first-order valence-electron chi connectivity index (χ1n) is 23.9. The smallest absolute Gasteiger partial charge is 0.221 e. The number of amides is 2. The molecule has 0 unspecified atom stereocenters. The predicted octanol–water partition coefficient (Wildman–Crippen LogP) is 10.6. The van der Waals surface area contributed by atoms with E-state index in [2.05, 4.69) is 41.6 Å². The monoisotopic (exact) mass is 767 g/mol. The normalized spacial score (nSPS) is 11.1. The summed E-state index contributed by atoms with van der Waals surface area (Å²) in [5.41, 5.74) is 11.2. The van der Waals surface area contributed by atoms with Crippen molar-refractivity contribution < 1.29 is 9.59 Å². The first-order chi connectivity index (χ1) is 26.5. The fourth-order valence-electron chi connectivity index (χ4n) is 6.81. The molecular formula is C46H98N6O2. The van der Waals surface area contributed by atoms with Crippen LogP contribution < -0.4 is 27.4 Å². The van der Waals surface area contributed by atoms with Crippen molar-refractivity contribution >= 4 is 11.8 Å². The van der Waals surface area contributed by atoms with Crippen LogP contribution in [0.2, 0.25) is 0 Å². The van der Waals surface area contributed by atoms with Crippen LogP contribution in [0.5, 0.6) is 0 Å². The lowest BCUT2D eigenvalue weighted by Crippen LogP contribution is -2.35. The number of unbranched alkanes of at least 4 members (excludes halogenated alkanes) is 25. The number of nitrogens with zero attached hydrogens (tertiary/aromatic N) is 1. The van der Waals surface area contributed by atoms with Gasteiger partial charge in [-0.05, 0) is 71.1 Å². The molecule has 0 radical (unpaired) electrons. The molecule has 0 bridgehead atoms. The van der Waals surface area contributed by atoms with Gasteiger partial charge < -0.3 is 32.3 Å². The molecule has 0 heterocycles. The second-order valence-corrected chi connectivity index (χ2v) is 15.9. The molecule has 0 aliphatic heterocycles. The van der Waals surface area contributed by atoms with Crippen molar-refractivity contribution in [3.8, 4) is 0 Å². The molecule has 0 aliphatic rings. The topological polar surface area (TPSA) is 126 Å². The molecule has 54 heavy (non-hydrogen) atoms. The highest BCUT2D eigenvalue weighted by atomic mass is 16.2.